The summed E-state index contributed by atoms with van der Waals surface area (Å²) in [7, 11) is 0. The van der Waals surface area contributed by atoms with Crippen molar-refractivity contribution in [3.8, 4) is 0 Å². The van der Waals surface area contributed by atoms with E-state index in [4.69, 9.17) is 10.2 Å². The molecule has 0 bridgehead atoms. The van der Waals surface area contributed by atoms with E-state index in [0.29, 0.717) is 19.5 Å². The van der Waals surface area contributed by atoms with Gasteiger partial charge in [0.25, 0.3) is 0 Å². The van der Waals surface area contributed by atoms with Crippen LogP contribution in [0.5, 0.6) is 0 Å². The second-order valence-electron chi connectivity index (χ2n) is 5.29. The summed E-state index contributed by atoms with van der Waals surface area (Å²) in [4.78, 5) is 26.2. The van der Waals surface area contributed by atoms with Gasteiger partial charge >= 0.3 is 12.0 Å². The van der Waals surface area contributed by atoms with Crippen LogP contribution < -0.4 is 0 Å². The number of rotatable bonds is 3. The maximum absolute atomic E-state index is 12.3. The van der Waals surface area contributed by atoms with Crippen molar-refractivity contribution < 1.29 is 24.9 Å². The Kier molecular flexibility index (Phi) is 4.26. The SMILES string of the molecule is O=C(O)[C@H]1C[C@@H](O)CN1C(=O)N1CCC(CCO)C1. The molecule has 0 radical (unpaired) electrons. The molecule has 2 rings (SSSR count). The zero-order valence-corrected chi connectivity index (χ0v) is 10.7. The lowest BCUT2D eigenvalue weighted by Gasteiger charge is -2.27. The number of carboxylic acid groups (broad SMARTS) is 1. The molecule has 19 heavy (non-hydrogen) atoms. The van der Waals surface area contributed by atoms with Crippen LogP contribution >= 0.6 is 0 Å². The van der Waals surface area contributed by atoms with Gasteiger partial charge in [0.15, 0.2) is 0 Å². The fraction of sp³-hybridized carbons (Fsp3) is 0.833. The summed E-state index contributed by atoms with van der Waals surface area (Å²) in [6.45, 7) is 1.32. The second-order valence-corrected chi connectivity index (χ2v) is 5.29. The van der Waals surface area contributed by atoms with Gasteiger partial charge in [-0.15, -0.1) is 0 Å². The summed E-state index contributed by atoms with van der Waals surface area (Å²) in [5, 5.41) is 27.5. The van der Waals surface area contributed by atoms with Gasteiger partial charge in [0, 0.05) is 32.7 Å². The monoisotopic (exact) mass is 272 g/mol. The fourth-order valence-corrected chi connectivity index (χ4v) is 2.87. The number of carbonyl (C=O) groups excluding carboxylic acids is 1. The largest absolute Gasteiger partial charge is 0.480 e. The summed E-state index contributed by atoms with van der Waals surface area (Å²) >= 11 is 0. The van der Waals surface area contributed by atoms with Crippen LogP contribution in [-0.2, 0) is 4.79 Å². The van der Waals surface area contributed by atoms with Crippen molar-refractivity contribution in [2.24, 2.45) is 5.92 Å². The van der Waals surface area contributed by atoms with Gasteiger partial charge in [-0.2, -0.15) is 0 Å². The molecule has 108 valence electrons. The highest BCUT2D eigenvalue weighted by atomic mass is 16.4. The minimum Gasteiger partial charge on any atom is -0.480 e. The summed E-state index contributed by atoms with van der Waals surface area (Å²) in [5.74, 6) is -0.791. The lowest BCUT2D eigenvalue weighted by molar-refractivity contribution is -0.141. The van der Waals surface area contributed by atoms with E-state index in [1.165, 1.54) is 4.90 Å². The Morgan fingerprint density at radius 3 is 2.63 bits per heavy atom. The predicted molar refractivity (Wildman–Crippen MR) is 65.5 cm³/mol. The normalized spacial score (nSPS) is 30.9. The number of hydrogen-bond acceptors (Lipinski definition) is 4. The molecule has 2 saturated heterocycles. The number of β-amino-alcohol motifs (C(OH)–C–C–N with tert-alkyl or cyclic N) is 1. The second kappa shape index (κ2) is 5.75. The Balaban J connectivity index is 1.97. The summed E-state index contributed by atoms with van der Waals surface area (Å²) in [6, 6.07) is -1.25. The molecule has 0 aromatic carbocycles. The topological polar surface area (TPSA) is 101 Å². The van der Waals surface area contributed by atoms with Gasteiger partial charge in [0.1, 0.15) is 6.04 Å². The Labute approximate surface area is 111 Å². The number of nitrogens with zero attached hydrogens (tertiary/aromatic N) is 2. The molecule has 0 aromatic heterocycles. The highest BCUT2D eigenvalue weighted by Crippen LogP contribution is 2.24. The number of hydrogen-bond donors (Lipinski definition) is 3. The average molecular weight is 272 g/mol. The lowest BCUT2D eigenvalue weighted by atomic mass is 10.1. The standard InChI is InChI=1S/C12H20N2O5/c15-4-2-8-1-3-13(6-8)12(19)14-7-9(16)5-10(14)11(17)18/h8-10,15-16H,1-7H2,(H,17,18)/t8?,9-,10-/m1/s1. The molecule has 3 N–H and O–H groups in total. The lowest BCUT2D eigenvalue weighted by Crippen LogP contribution is -2.47. The number of aliphatic hydroxyl groups is 2. The Hall–Kier alpha value is -1.34. The van der Waals surface area contributed by atoms with Gasteiger partial charge in [-0.05, 0) is 18.8 Å². The Bertz CT molecular complexity index is 362. The first-order chi connectivity index (χ1) is 9.02. The first-order valence-electron chi connectivity index (χ1n) is 6.60. The quantitative estimate of drug-likeness (QED) is 0.632. The molecule has 2 aliphatic rings. The minimum absolute atomic E-state index is 0.0803. The van der Waals surface area contributed by atoms with Gasteiger partial charge in [-0.3, -0.25) is 0 Å². The predicted octanol–water partition coefficient (Wildman–Crippen LogP) is -0.669. The van der Waals surface area contributed by atoms with Gasteiger partial charge in [0.05, 0.1) is 6.10 Å². The van der Waals surface area contributed by atoms with E-state index in [9.17, 15) is 14.7 Å². The van der Waals surface area contributed by atoms with Crippen LogP contribution in [0.3, 0.4) is 0 Å². The average Bonchev–Trinajstić information content (AvgIpc) is 2.95. The first-order valence-corrected chi connectivity index (χ1v) is 6.60. The molecule has 2 aliphatic heterocycles. The minimum atomic E-state index is -1.07. The highest BCUT2D eigenvalue weighted by Gasteiger charge is 2.41. The van der Waals surface area contributed by atoms with Crippen LogP contribution in [0.1, 0.15) is 19.3 Å². The molecule has 2 fully saturated rings. The van der Waals surface area contributed by atoms with Crippen molar-refractivity contribution in [2.45, 2.75) is 31.4 Å². The van der Waals surface area contributed by atoms with Crippen molar-refractivity contribution in [3.05, 3.63) is 0 Å². The molecule has 0 aliphatic carbocycles. The van der Waals surface area contributed by atoms with Crippen molar-refractivity contribution >= 4 is 12.0 Å². The van der Waals surface area contributed by atoms with Gasteiger partial charge < -0.3 is 25.1 Å². The maximum atomic E-state index is 12.3. The van der Waals surface area contributed by atoms with Gasteiger partial charge in [-0.1, -0.05) is 0 Å². The number of carboxylic acids is 1. The zero-order chi connectivity index (χ0) is 14.0. The van der Waals surface area contributed by atoms with E-state index in [2.05, 4.69) is 0 Å². The van der Waals surface area contributed by atoms with E-state index in [-0.39, 0.29) is 31.5 Å². The van der Waals surface area contributed by atoms with E-state index in [1.807, 2.05) is 0 Å². The highest BCUT2D eigenvalue weighted by molar-refractivity contribution is 5.83. The number of aliphatic hydroxyl groups excluding tert-OH is 2. The molecular formula is C12H20N2O5. The molecule has 0 saturated carbocycles. The number of urea groups is 1. The Morgan fingerprint density at radius 1 is 1.26 bits per heavy atom. The molecule has 2 amide bonds. The third-order valence-electron chi connectivity index (χ3n) is 3.90. The van der Waals surface area contributed by atoms with Crippen LogP contribution in [0.2, 0.25) is 0 Å². The van der Waals surface area contributed by atoms with Crippen LogP contribution in [-0.4, -0.2) is 75.5 Å². The molecule has 3 atom stereocenters. The van der Waals surface area contributed by atoms with E-state index >= 15 is 0 Å². The fourth-order valence-electron chi connectivity index (χ4n) is 2.87. The van der Waals surface area contributed by atoms with Gasteiger partial charge in [0.2, 0.25) is 0 Å². The van der Waals surface area contributed by atoms with Crippen molar-refractivity contribution in [2.75, 3.05) is 26.2 Å². The smallest absolute Gasteiger partial charge is 0.326 e. The molecule has 7 heteroatoms. The van der Waals surface area contributed by atoms with Crippen LogP contribution in [0.15, 0.2) is 0 Å². The molecule has 7 nitrogen and oxygen atoms in total. The molecule has 0 spiro atoms. The summed E-state index contributed by atoms with van der Waals surface area (Å²) < 4.78 is 0. The molecule has 1 unspecified atom stereocenters. The van der Waals surface area contributed by atoms with Crippen LogP contribution in [0, 0.1) is 5.92 Å². The Morgan fingerprint density at radius 2 is 2.00 bits per heavy atom. The number of amides is 2. The van der Waals surface area contributed by atoms with Gasteiger partial charge in [-0.25, -0.2) is 9.59 Å². The van der Waals surface area contributed by atoms with E-state index in [1.54, 1.807) is 4.90 Å². The summed E-state index contributed by atoms with van der Waals surface area (Å²) in [5.41, 5.74) is 0. The van der Waals surface area contributed by atoms with Crippen molar-refractivity contribution in [3.63, 3.8) is 0 Å². The zero-order valence-electron chi connectivity index (χ0n) is 10.7. The maximum Gasteiger partial charge on any atom is 0.326 e. The third kappa shape index (κ3) is 2.98. The number of aliphatic carboxylic acids is 1. The molecule has 0 aromatic rings. The first kappa shape index (κ1) is 14.1. The number of likely N-dealkylation sites (tertiary alicyclic amines) is 2. The van der Waals surface area contributed by atoms with Crippen LogP contribution in [0.4, 0.5) is 4.79 Å². The third-order valence-corrected chi connectivity index (χ3v) is 3.90. The number of carbonyl (C=O) groups is 2. The van der Waals surface area contributed by atoms with Crippen LogP contribution in [0.25, 0.3) is 0 Å². The summed E-state index contributed by atoms with van der Waals surface area (Å²) in [6.07, 6.45) is 0.824. The molecular weight excluding hydrogens is 252 g/mol. The van der Waals surface area contributed by atoms with E-state index < -0.39 is 18.1 Å². The molecule has 2 heterocycles. The van der Waals surface area contributed by atoms with E-state index in [0.717, 1.165) is 6.42 Å². The van der Waals surface area contributed by atoms with Crippen molar-refractivity contribution in [1.29, 1.82) is 0 Å². The van der Waals surface area contributed by atoms with Crippen molar-refractivity contribution in [1.82, 2.24) is 9.80 Å².